The van der Waals surface area contributed by atoms with Crippen LogP contribution in [0.2, 0.25) is 0 Å². The zero-order valence-electron chi connectivity index (χ0n) is 27.5. The van der Waals surface area contributed by atoms with E-state index >= 15 is 0 Å². The summed E-state index contributed by atoms with van der Waals surface area (Å²) < 4.78 is 6.06. The topological polar surface area (TPSA) is 26.3 Å². The van der Waals surface area contributed by atoms with Gasteiger partial charge in [0.25, 0.3) is 0 Å². The van der Waals surface area contributed by atoms with Crippen LogP contribution in [0.4, 0.5) is 0 Å². The summed E-state index contributed by atoms with van der Waals surface area (Å²) in [4.78, 5) is 12.6. The van der Waals surface area contributed by atoms with Crippen LogP contribution in [-0.4, -0.2) is 12.1 Å². The molecule has 0 N–H and O–H groups in total. The van der Waals surface area contributed by atoms with Gasteiger partial charge in [-0.05, 0) is 104 Å². The van der Waals surface area contributed by atoms with Crippen molar-refractivity contribution in [1.29, 1.82) is 0 Å². The van der Waals surface area contributed by atoms with Crippen molar-refractivity contribution in [2.75, 3.05) is 0 Å². The lowest BCUT2D eigenvalue weighted by molar-refractivity contribution is -0.151. The third-order valence-corrected chi connectivity index (χ3v) is 12.8. The molecule has 0 amide bonds. The molecule has 0 saturated heterocycles. The first-order chi connectivity index (χ1) is 19.1. The Hall–Kier alpha value is -1.05. The molecule has 9 atom stereocenters. The molecule has 4 aliphatic carbocycles. The van der Waals surface area contributed by atoms with Crippen molar-refractivity contribution in [3.8, 4) is 0 Å². The summed E-state index contributed by atoms with van der Waals surface area (Å²) in [6.07, 6.45) is 27.3. The van der Waals surface area contributed by atoms with E-state index < -0.39 is 0 Å². The first-order valence-corrected chi connectivity index (χ1v) is 17.7. The van der Waals surface area contributed by atoms with Crippen LogP contribution in [0.1, 0.15) is 151 Å². The molecule has 9 unspecified atom stereocenters. The van der Waals surface area contributed by atoms with Crippen molar-refractivity contribution in [3.05, 3.63) is 23.8 Å². The molecule has 0 aromatic rings. The number of rotatable bonds is 13. The summed E-state index contributed by atoms with van der Waals surface area (Å²) in [5.74, 6) is 5.50. The normalized spacial score (nSPS) is 37.0. The van der Waals surface area contributed by atoms with Crippen LogP contribution in [0.3, 0.4) is 0 Å². The van der Waals surface area contributed by atoms with Gasteiger partial charge in [0.2, 0.25) is 0 Å². The van der Waals surface area contributed by atoms with E-state index in [4.69, 9.17) is 4.74 Å². The maximum Gasteiger partial charge on any atom is 0.306 e. The Morgan fingerprint density at radius 3 is 2.38 bits per heavy atom. The largest absolute Gasteiger partial charge is 0.462 e. The smallest absolute Gasteiger partial charge is 0.306 e. The van der Waals surface area contributed by atoms with Crippen molar-refractivity contribution < 1.29 is 9.53 Å². The zero-order valence-corrected chi connectivity index (χ0v) is 27.5. The van der Waals surface area contributed by atoms with E-state index in [2.05, 4.69) is 66.7 Å². The van der Waals surface area contributed by atoms with Crippen LogP contribution < -0.4 is 0 Å². The number of hydrogen-bond acceptors (Lipinski definition) is 2. The summed E-state index contributed by atoms with van der Waals surface area (Å²) in [5.41, 5.74) is 2.45. The Morgan fingerprint density at radius 2 is 1.65 bits per heavy atom. The van der Waals surface area contributed by atoms with Gasteiger partial charge in [0.05, 0.1) is 0 Å². The second kappa shape index (κ2) is 13.9. The molecule has 0 aromatic carbocycles. The molecule has 0 bridgehead atoms. The Balaban J connectivity index is 1.31. The number of allylic oxidation sites excluding steroid dienone is 3. The summed E-state index contributed by atoms with van der Waals surface area (Å²) in [6, 6.07) is 0. The second-order valence-corrected chi connectivity index (χ2v) is 15.6. The SMILES string of the molecule is CCCCCCCCCC(=O)OC1CCC2(C)C(=CCC3C2CCC2(C)C(C(C)/C=C/C(C)C(C)C)CCC32)C1. The van der Waals surface area contributed by atoms with Crippen molar-refractivity contribution >= 4 is 5.97 Å². The lowest BCUT2D eigenvalue weighted by Gasteiger charge is -2.58. The first kappa shape index (κ1) is 31.9. The Morgan fingerprint density at radius 1 is 0.925 bits per heavy atom. The standard InChI is InChI=1S/C38H64O2/c1-8-9-10-11-12-13-14-15-36(39)40-31-22-24-37(6)30(26-31)18-19-32-34-21-20-33(38(34,7)25-23-35(32)37)29(5)17-16-28(4)27(2)3/h16-18,27-29,31-35H,8-15,19-26H2,1-7H3/b17-16+. The number of fused-ring (bicyclic) bond motifs is 5. The molecule has 0 aromatic heterocycles. The predicted molar refractivity (Wildman–Crippen MR) is 170 cm³/mol. The van der Waals surface area contributed by atoms with E-state index in [1.54, 1.807) is 5.57 Å². The van der Waals surface area contributed by atoms with Crippen LogP contribution in [0, 0.1) is 52.3 Å². The number of carbonyl (C=O) groups is 1. The van der Waals surface area contributed by atoms with Gasteiger partial charge < -0.3 is 4.74 Å². The molecule has 4 aliphatic rings. The highest BCUT2D eigenvalue weighted by atomic mass is 16.5. The van der Waals surface area contributed by atoms with Crippen LogP contribution in [0.5, 0.6) is 0 Å². The van der Waals surface area contributed by atoms with Gasteiger partial charge in [-0.2, -0.15) is 0 Å². The van der Waals surface area contributed by atoms with Crippen LogP contribution in [0.25, 0.3) is 0 Å². The molecular formula is C38H64O2. The van der Waals surface area contributed by atoms with E-state index in [0.29, 0.717) is 29.1 Å². The third-order valence-electron chi connectivity index (χ3n) is 12.8. The summed E-state index contributed by atoms with van der Waals surface area (Å²) >= 11 is 0. The molecule has 0 spiro atoms. The van der Waals surface area contributed by atoms with E-state index in [1.807, 2.05) is 0 Å². The average Bonchev–Trinajstić information content (AvgIpc) is 3.28. The van der Waals surface area contributed by atoms with Crippen molar-refractivity contribution in [2.24, 2.45) is 52.3 Å². The molecule has 0 heterocycles. The highest BCUT2D eigenvalue weighted by Crippen LogP contribution is 2.67. The molecule has 3 saturated carbocycles. The van der Waals surface area contributed by atoms with Gasteiger partial charge in [0.15, 0.2) is 0 Å². The predicted octanol–water partition coefficient (Wildman–Crippen LogP) is 11.1. The van der Waals surface area contributed by atoms with Gasteiger partial charge in [0, 0.05) is 12.8 Å². The minimum absolute atomic E-state index is 0.0489. The van der Waals surface area contributed by atoms with E-state index in [9.17, 15) is 4.79 Å². The quantitative estimate of drug-likeness (QED) is 0.129. The third kappa shape index (κ3) is 6.94. The van der Waals surface area contributed by atoms with Crippen molar-refractivity contribution in [2.45, 2.75) is 157 Å². The monoisotopic (exact) mass is 552 g/mol. The Labute approximate surface area is 248 Å². The highest BCUT2D eigenvalue weighted by Gasteiger charge is 2.59. The van der Waals surface area contributed by atoms with Gasteiger partial charge in [-0.25, -0.2) is 0 Å². The maximum atomic E-state index is 12.6. The molecule has 2 heteroatoms. The minimum atomic E-state index is 0.0489. The Bertz CT molecular complexity index is 884. The van der Waals surface area contributed by atoms with Crippen LogP contribution in [-0.2, 0) is 9.53 Å². The zero-order chi connectivity index (χ0) is 28.9. The number of hydrogen-bond donors (Lipinski definition) is 0. The lowest BCUT2D eigenvalue weighted by atomic mass is 9.47. The van der Waals surface area contributed by atoms with Gasteiger partial charge in [-0.3, -0.25) is 4.79 Å². The molecule has 0 radical (unpaired) electrons. The number of unbranched alkanes of at least 4 members (excludes halogenated alkanes) is 6. The van der Waals surface area contributed by atoms with Gasteiger partial charge in [-0.1, -0.05) is 111 Å². The highest BCUT2D eigenvalue weighted by molar-refractivity contribution is 5.69. The molecule has 2 nitrogen and oxygen atoms in total. The minimum Gasteiger partial charge on any atom is -0.462 e. The molecule has 0 aliphatic heterocycles. The van der Waals surface area contributed by atoms with E-state index in [-0.39, 0.29) is 12.1 Å². The van der Waals surface area contributed by atoms with Crippen LogP contribution in [0.15, 0.2) is 23.8 Å². The molecular weight excluding hydrogens is 488 g/mol. The summed E-state index contributed by atoms with van der Waals surface area (Å²) in [7, 11) is 0. The van der Waals surface area contributed by atoms with Gasteiger partial charge in [0.1, 0.15) is 6.10 Å². The number of esters is 1. The summed E-state index contributed by atoms with van der Waals surface area (Å²) in [5, 5.41) is 0. The Kier molecular flexibility index (Phi) is 11.1. The van der Waals surface area contributed by atoms with Crippen LogP contribution >= 0.6 is 0 Å². The lowest BCUT2D eigenvalue weighted by Crippen LogP contribution is -2.51. The molecule has 228 valence electrons. The number of ether oxygens (including phenoxy) is 1. The molecule has 3 fully saturated rings. The van der Waals surface area contributed by atoms with E-state index in [0.717, 1.165) is 48.9 Å². The van der Waals surface area contributed by atoms with Crippen molar-refractivity contribution in [3.63, 3.8) is 0 Å². The van der Waals surface area contributed by atoms with Gasteiger partial charge in [-0.15, -0.1) is 0 Å². The van der Waals surface area contributed by atoms with Gasteiger partial charge >= 0.3 is 5.97 Å². The molecule has 4 rings (SSSR count). The summed E-state index contributed by atoms with van der Waals surface area (Å²) in [6.45, 7) is 17.1. The number of carbonyl (C=O) groups excluding carboxylic acids is 1. The maximum absolute atomic E-state index is 12.6. The fraction of sp³-hybridized carbons (Fsp3) is 0.868. The van der Waals surface area contributed by atoms with Crippen molar-refractivity contribution in [1.82, 2.24) is 0 Å². The first-order valence-electron chi connectivity index (χ1n) is 17.7. The fourth-order valence-corrected chi connectivity index (χ4v) is 9.81. The molecule has 40 heavy (non-hydrogen) atoms. The van der Waals surface area contributed by atoms with E-state index in [1.165, 1.54) is 77.0 Å². The second-order valence-electron chi connectivity index (χ2n) is 15.6. The fourth-order valence-electron chi connectivity index (χ4n) is 9.81. The average molecular weight is 553 g/mol.